The molecule has 27 nitrogen and oxygen atoms in total. The van der Waals surface area contributed by atoms with E-state index in [9.17, 15) is 72.5 Å². The van der Waals surface area contributed by atoms with Crippen LogP contribution in [0, 0.1) is 17.3 Å². The van der Waals surface area contributed by atoms with Crippen molar-refractivity contribution in [3.05, 3.63) is 77.0 Å². The van der Waals surface area contributed by atoms with Gasteiger partial charge in [0.15, 0.2) is 0 Å². The predicted octanol–water partition coefficient (Wildman–Crippen LogP) is 2.23. The Morgan fingerprint density at radius 1 is 0.695 bits per heavy atom. The van der Waals surface area contributed by atoms with Gasteiger partial charge in [0, 0.05) is 54.4 Å². The molecule has 16 N–H and O–H groups in total. The standard InChI is InChI=1S/C67H97ClN12O15/c1-37(2)29-45-35-71-49(25-26-54(69)84)56(86)55(85)39(4)73-61(91)52(31-44-34-72-50-32-46(68)21-24-48(44)50)78-62(92)51(30-43-19-22-47(83)23-20-43)77-59(89)42(7)76-64(94)66(8,33-38(3)82)27-17-15-13-11-10-12-14-16-18-28-67(9,80-60(45)90)65(95)79-53(36-81)63(93)75-41(6)58(88)74-40(5)57(70)87/h12,14,19-24,32,34,37,39-42,45,49,51-53,71-72,81,83H,10-11,13,15-18,25-31,33,35-36H2,1-9H3,(H2,69,84)(H2,70,87)(H,73,91)(H,74,88)(H,75,93)(H,76,94)(H,77,89)(H,78,92)(H,79,95)(H,80,90)/b14-12+/t39?,40?,41-,42?,45+,49-,51-,52-,53?,66-,67-/m0/s1. The van der Waals surface area contributed by atoms with Gasteiger partial charge in [-0.05, 0) is 134 Å². The number of Topliss-reactive ketones (excluding diaryl/α,β-unsaturated/α-hetero) is 3. The minimum atomic E-state index is -1.79. The van der Waals surface area contributed by atoms with E-state index >= 15 is 0 Å². The van der Waals surface area contributed by atoms with Crippen molar-refractivity contribution >= 4 is 98.9 Å². The molecular weight excluding hydrogens is 1250 g/mol. The monoisotopic (exact) mass is 1340 g/mol. The van der Waals surface area contributed by atoms with E-state index in [1.807, 2.05) is 26.0 Å². The largest absolute Gasteiger partial charge is 0.508 e. The normalized spacial score (nSPS) is 24.7. The molecule has 3 aromatic rings. The van der Waals surface area contributed by atoms with E-state index in [0.717, 1.165) is 12.8 Å². The lowest BCUT2D eigenvalue weighted by atomic mass is 9.79. The number of hydrogen-bond donors (Lipinski definition) is 14. The molecule has 4 rings (SSSR count). The number of amides is 10. The molecule has 0 spiro atoms. The van der Waals surface area contributed by atoms with Gasteiger partial charge in [0.05, 0.1) is 30.0 Å². The first kappa shape index (κ1) is 78.9. The number of allylic oxidation sites excluding steroid dienone is 2. The summed E-state index contributed by atoms with van der Waals surface area (Å²) in [5, 5.41) is 45.3. The average molecular weight is 1350 g/mol. The summed E-state index contributed by atoms with van der Waals surface area (Å²) < 4.78 is 0. The van der Waals surface area contributed by atoms with Gasteiger partial charge >= 0.3 is 0 Å². The van der Waals surface area contributed by atoms with Gasteiger partial charge in [0.25, 0.3) is 0 Å². The van der Waals surface area contributed by atoms with Crippen molar-refractivity contribution in [1.82, 2.24) is 52.8 Å². The molecule has 95 heavy (non-hydrogen) atoms. The summed E-state index contributed by atoms with van der Waals surface area (Å²) in [5.41, 5.74) is 9.37. The number of aliphatic hydroxyl groups is 1. The van der Waals surface area contributed by atoms with E-state index in [1.165, 1.54) is 65.8 Å². The van der Waals surface area contributed by atoms with Crippen molar-refractivity contribution in [3.8, 4) is 5.75 Å². The predicted molar refractivity (Wildman–Crippen MR) is 355 cm³/mol. The topological polar surface area (TPSA) is 438 Å². The zero-order valence-electron chi connectivity index (χ0n) is 55.8. The third-order valence-electron chi connectivity index (χ3n) is 16.8. The van der Waals surface area contributed by atoms with Crippen LogP contribution in [0.3, 0.4) is 0 Å². The lowest BCUT2D eigenvalue weighted by Gasteiger charge is -2.33. The first-order valence-corrected chi connectivity index (χ1v) is 32.7. The number of aromatic nitrogens is 1. The van der Waals surface area contributed by atoms with Gasteiger partial charge in [-0.3, -0.25) is 62.3 Å². The number of aromatic amines is 1. The number of H-pyrrole nitrogens is 1. The van der Waals surface area contributed by atoms with E-state index in [2.05, 4.69) is 52.8 Å². The van der Waals surface area contributed by atoms with Crippen LogP contribution in [0.25, 0.3) is 10.9 Å². The molecule has 2 aromatic carbocycles. The SMILES string of the molecule is CC(=O)C[C@]1(C)CCCCCC/C=C/CCC[C@@](C)(C(=O)NC(CO)C(=O)N[C@@H](C)C(=O)NC(C)C(N)=O)NC(=O)[C@H](CC(C)C)CN[C@@H](CCC(N)=O)C(=O)C(=O)C(C)NC(=O)[C@H](Cc2c[nH]c3cc(Cl)ccc23)NC(=O)[C@H](Cc2ccc(O)cc2)NC(=O)C(C)NC1=O. The molecule has 0 saturated heterocycles. The second-order valence-corrected chi connectivity index (χ2v) is 26.2. The highest BCUT2D eigenvalue weighted by Crippen LogP contribution is 2.31. The molecule has 4 unspecified atom stereocenters. The van der Waals surface area contributed by atoms with Crippen molar-refractivity contribution in [3.63, 3.8) is 0 Å². The molecule has 0 radical (unpaired) electrons. The highest BCUT2D eigenvalue weighted by molar-refractivity contribution is 6.41. The zero-order valence-corrected chi connectivity index (χ0v) is 56.6. The number of nitrogens with one attached hydrogen (secondary N) is 10. The molecule has 1 aliphatic rings. The quantitative estimate of drug-likeness (QED) is 0.0604. The Labute approximate surface area is 559 Å². The number of halogens is 1. The summed E-state index contributed by atoms with van der Waals surface area (Å²) in [7, 11) is 0. The van der Waals surface area contributed by atoms with Crippen LogP contribution in [-0.2, 0) is 75.2 Å². The minimum Gasteiger partial charge on any atom is -0.508 e. The molecular formula is C67H97ClN12O15. The number of ketones is 3. The summed E-state index contributed by atoms with van der Waals surface area (Å²) in [6.45, 7) is 12.2. The van der Waals surface area contributed by atoms with Gasteiger partial charge in [0.1, 0.15) is 53.3 Å². The first-order chi connectivity index (χ1) is 44.7. The fraction of sp³-hybridized carbons (Fsp3) is 0.567. The van der Waals surface area contributed by atoms with Gasteiger partial charge in [-0.15, -0.1) is 0 Å². The summed E-state index contributed by atoms with van der Waals surface area (Å²) in [6.07, 6.45) is 8.76. The fourth-order valence-corrected chi connectivity index (χ4v) is 11.2. The van der Waals surface area contributed by atoms with Crippen LogP contribution in [0.5, 0.6) is 5.75 Å². The zero-order chi connectivity index (χ0) is 70.9. The summed E-state index contributed by atoms with van der Waals surface area (Å²) >= 11 is 6.30. The van der Waals surface area contributed by atoms with E-state index in [-0.39, 0.29) is 62.5 Å². The van der Waals surface area contributed by atoms with E-state index < -0.39 is 149 Å². The Morgan fingerprint density at radius 3 is 1.95 bits per heavy atom. The average Bonchev–Trinajstić information content (AvgIpc) is 1.78. The number of phenolic OH excluding ortho intramolecular Hbond substituents is 1. The molecule has 2 heterocycles. The lowest BCUT2D eigenvalue weighted by Crippen LogP contribution is -2.63. The summed E-state index contributed by atoms with van der Waals surface area (Å²) in [5.74, 6) is -12.0. The Balaban J connectivity index is 1.77. The molecule has 0 fully saturated rings. The number of nitrogens with two attached hydrogens (primary N) is 2. The highest BCUT2D eigenvalue weighted by Gasteiger charge is 2.41. The van der Waals surface area contributed by atoms with Crippen LogP contribution in [0.1, 0.15) is 157 Å². The number of benzene rings is 2. The van der Waals surface area contributed by atoms with Crippen LogP contribution in [0.15, 0.2) is 60.8 Å². The second kappa shape index (κ2) is 37.5. The summed E-state index contributed by atoms with van der Waals surface area (Å²) in [4.78, 5) is 182. The number of fused-ring (bicyclic) bond motifs is 1. The van der Waals surface area contributed by atoms with Crippen molar-refractivity contribution in [2.24, 2.45) is 28.7 Å². The maximum Gasteiger partial charge on any atom is 0.246 e. The van der Waals surface area contributed by atoms with Crippen molar-refractivity contribution in [1.29, 1.82) is 0 Å². The summed E-state index contributed by atoms with van der Waals surface area (Å²) in [6, 6.07) is -0.505. The van der Waals surface area contributed by atoms with Gasteiger partial charge < -0.3 is 74.5 Å². The number of hydrogen-bond acceptors (Lipinski definition) is 16. The number of phenols is 1. The van der Waals surface area contributed by atoms with Crippen molar-refractivity contribution < 1.29 is 72.5 Å². The van der Waals surface area contributed by atoms with Crippen molar-refractivity contribution in [2.45, 2.75) is 212 Å². The lowest BCUT2D eigenvalue weighted by molar-refractivity contribution is -0.140. The van der Waals surface area contributed by atoms with Gasteiger partial charge in [-0.2, -0.15) is 0 Å². The Hall–Kier alpha value is -8.56. The molecule has 10 amide bonds. The minimum absolute atomic E-state index is 0.0181. The number of primary amides is 2. The fourth-order valence-electron chi connectivity index (χ4n) is 11.0. The molecule has 0 bridgehead atoms. The van der Waals surface area contributed by atoms with Crippen molar-refractivity contribution in [2.75, 3.05) is 13.2 Å². The number of aromatic hydroxyl groups is 1. The van der Waals surface area contributed by atoms with Gasteiger partial charge in [-0.1, -0.05) is 82.0 Å². The maximum absolute atomic E-state index is 14.8. The smallest absolute Gasteiger partial charge is 0.246 e. The van der Waals surface area contributed by atoms with Crippen LogP contribution >= 0.6 is 11.6 Å². The van der Waals surface area contributed by atoms with Crippen LogP contribution in [0.4, 0.5) is 0 Å². The molecule has 0 saturated carbocycles. The van der Waals surface area contributed by atoms with Crippen LogP contribution in [0.2, 0.25) is 5.02 Å². The Bertz CT molecular complexity index is 3260. The third kappa shape index (κ3) is 25.3. The van der Waals surface area contributed by atoms with E-state index in [1.54, 1.807) is 31.3 Å². The molecule has 0 aliphatic carbocycles. The highest BCUT2D eigenvalue weighted by atomic mass is 35.5. The van der Waals surface area contributed by atoms with Crippen LogP contribution < -0.4 is 59.3 Å². The molecule has 1 aliphatic heterocycles. The Morgan fingerprint density at radius 2 is 1.32 bits per heavy atom. The Kier molecular flexibility index (Phi) is 31.1. The van der Waals surface area contributed by atoms with E-state index in [0.29, 0.717) is 65.6 Å². The van der Waals surface area contributed by atoms with Gasteiger partial charge in [0.2, 0.25) is 70.6 Å². The maximum atomic E-state index is 14.8. The molecule has 522 valence electrons. The first-order valence-electron chi connectivity index (χ1n) is 32.3. The van der Waals surface area contributed by atoms with Gasteiger partial charge in [-0.25, -0.2) is 0 Å². The molecule has 11 atom stereocenters. The number of carbonyl (C=O) groups excluding carboxylic acids is 13. The third-order valence-corrected chi connectivity index (χ3v) is 17.0. The number of carbonyl (C=O) groups is 13. The van der Waals surface area contributed by atoms with Crippen LogP contribution in [-0.4, -0.2) is 159 Å². The second-order valence-electron chi connectivity index (χ2n) is 25.8. The molecule has 1 aromatic heterocycles. The van der Waals surface area contributed by atoms with E-state index in [4.69, 9.17) is 23.1 Å². The number of rotatable bonds is 19. The number of aliphatic hydroxyl groups excluding tert-OH is 1. The molecule has 28 heteroatoms.